The van der Waals surface area contributed by atoms with Crippen molar-refractivity contribution in [3.8, 4) is 0 Å². The highest BCUT2D eigenvalue weighted by atomic mass is 19.3. The van der Waals surface area contributed by atoms with Crippen LogP contribution < -0.4 is 5.32 Å². The lowest BCUT2D eigenvalue weighted by Crippen LogP contribution is -2.49. The highest BCUT2D eigenvalue weighted by molar-refractivity contribution is 5.84. The largest absolute Gasteiger partial charge is 0.480 e. The maximum atomic E-state index is 11.7. The molecule has 0 aliphatic carbocycles. The second-order valence-corrected chi connectivity index (χ2v) is 4.92. The Hall–Kier alpha value is -1.24. The molecule has 0 aliphatic heterocycles. The van der Waals surface area contributed by atoms with Gasteiger partial charge in [-0.3, -0.25) is 4.79 Å². The van der Waals surface area contributed by atoms with Crippen LogP contribution in [0.3, 0.4) is 0 Å². The van der Waals surface area contributed by atoms with E-state index in [1.165, 1.54) is 0 Å². The zero-order valence-corrected chi connectivity index (χ0v) is 10.7. The number of carbonyl (C=O) groups is 2. The SMILES string of the molecule is CC(C)(C)[C@H](NC(=O)CCOCC(F)F)C(=O)O. The topological polar surface area (TPSA) is 75.6 Å². The Kier molecular flexibility index (Phi) is 6.75. The second kappa shape index (κ2) is 7.25. The van der Waals surface area contributed by atoms with Gasteiger partial charge >= 0.3 is 5.97 Å². The third-order valence-corrected chi connectivity index (χ3v) is 2.14. The van der Waals surface area contributed by atoms with Crippen molar-refractivity contribution in [3.05, 3.63) is 0 Å². The zero-order chi connectivity index (χ0) is 14.3. The molecule has 7 heteroatoms. The van der Waals surface area contributed by atoms with Crippen LogP contribution in [-0.4, -0.2) is 42.7 Å². The number of hydrogen-bond donors (Lipinski definition) is 2. The van der Waals surface area contributed by atoms with Crippen LogP contribution in [-0.2, 0) is 14.3 Å². The first-order chi connectivity index (χ1) is 8.14. The first-order valence-electron chi connectivity index (χ1n) is 5.52. The van der Waals surface area contributed by atoms with E-state index < -0.39 is 36.4 Å². The summed E-state index contributed by atoms with van der Waals surface area (Å²) >= 11 is 0. The van der Waals surface area contributed by atoms with E-state index in [1.807, 2.05) is 0 Å². The Morgan fingerprint density at radius 1 is 1.33 bits per heavy atom. The molecule has 0 saturated carbocycles. The molecule has 0 aliphatic rings. The van der Waals surface area contributed by atoms with Gasteiger partial charge in [-0.25, -0.2) is 13.6 Å². The van der Waals surface area contributed by atoms with E-state index in [1.54, 1.807) is 20.8 Å². The Balaban J connectivity index is 4.09. The number of hydrogen-bond acceptors (Lipinski definition) is 3. The minimum Gasteiger partial charge on any atom is -0.480 e. The fourth-order valence-electron chi connectivity index (χ4n) is 1.22. The molecule has 0 unspecified atom stereocenters. The van der Waals surface area contributed by atoms with Crippen molar-refractivity contribution >= 4 is 11.9 Å². The molecule has 0 saturated heterocycles. The van der Waals surface area contributed by atoms with Gasteiger partial charge < -0.3 is 15.2 Å². The van der Waals surface area contributed by atoms with Crippen molar-refractivity contribution in [3.63, 3.8) is 0 Å². The van der Waals surface area contributed by atoms with Crippen molar-refractivity contribution < 1.29 is 28.2 Å². The quantitative estimate of drug-likeness (QED) is 0.681. The monoisotopic (exact) mass is 267 g/mol. The average molecular weight is 267 g/mol. The van der Waals surface area contributed by atoms with E-state index >= 15 is 0 Å². The summed E-state index contributed by atoms with van der Waals surface area (Å²) in [6.45, 7) is 4.15. The lowest BCUT2D eigenvalue weighted by atomic mass is 9.86. The van der Waals surface area contributed by atoms with Gasteiger partial charge in [0.15, 0.2) is 0 Å². The molecule has 0 aromatic carbocycles. The molecule has 0 heterocycles. The molecular weight excluding hydrogens is 248 g/mol. The van der Waals surface area contributed by atoms with E-state index in [-0.39, 0.29) is 13.0 Å². The molecule has 0 bridgehead atoms. The number of rotatable bonds is 7. The van der Waals surface area contributed by atoms with Crippen molar-refractivity contribution in [2.75, 3.05) is 13.2 Å². The summed E-state index contributed by atoms with van der Waals surface area (Å²) in [4.78, 5) is 22.4. The summed E-state index contributed by atoms with van der Waals surface area (Å²) in [5, 5.41) is 11.3. The van der Waals surface area contributed by atoms with Crippen molar-refractivity contribution in [2.45, 2.75) is 39.7 Å². The normalized spacial score (nSPS) is 13.4. The molecule has 0 spiro atoms. The van der Waals surface area contributed by atoms with Gasteiger partial charge in [0, 0.05) is 6.42 Å². The van der Waals surface area contributed by atoms with E-state index in [0.29, 0.717) is 0 Å². The lowest BCUT2D eigenvalue weighted by Gasteiger charge is -2.27. The number of aliphatic carboxylic acids is 1. The number of nitrogens with one attached hydrogen (secondary N) is 1. The summed E-state index contributed by atoms with van der Waals surface area (Å²) in [5.74, 6) is -1.67. The predicted molar refractivity (Wildman–Crippen MR) is 60.5 cm³/mol. The predicted octanol–water partition coefficient (Wildman–Crippen LogP) is 1.27. The van der Waals surface area contributed by atoms with Crippen LogP contribution in [0.2, 0.25) is 0 Å². The number of carbonyl (C=O) groups excluding carboxylic acids is 1. The summed E-state index contributed by atoms with van der Waals surface area (Å²) in [7, 11) is 0. The summed E-state index contributed by atoms with van der Waals surface area (Å²) < 4.78 is 28.0. The molecule has 1 atom stereocenters. The molecule has 0 aromatic rings. The molecule has 1 amide bonds. The number of alkyl halides is 2. The molecule has 2 N–H and O–H groups in total. The number of halogens is 2. The first-order valence-corrected chi connectivity index (χ1v) is 5.52. The maximum absolute atomic E-state index is 11.7. The molecular formula is C11H19F2NO4. The molecule has 0 aromatic heterocycles. The van der Waals surface area contributed by atoms with E-state index in [9.17, 15) is 18.4 Å². The van der Waals surface area contributed by atoms with E-state index in [2.05, 4.69) is 10.1 Å². The smallest absolute Gasteiger partial charge is 0.326 e. The van der Waals surface area contributed by atoms with Crippen molar-refractivity contribution in [2.24, 2.45) is 5.41 Å². The minimum absolute atomic E-state index is 0.146. The number of carboxylic acids is 1. The summed E-state index contributed by atoms with van der Waals surface area (Å²) in [5.41, 5.74) is -0.634. The Bertz CT molecular complexity index is 289. The standard InChI is InChI=1S/C11H19F2NO4/c1-11(2,3)9(10(16)17)14-8(15)4-5-18-6-7(12)13/h7,9H,4-6H2,1-3H3,(H,14,15)(H,16,17)/t9-/m1/s1. The number of ether oxygens (including phenoxy) is 1. The van der Waals surface area contributed by atoms with Crippen LogP contribution in [0, 0.1) is 5.41 Å². The Labute approximate surface area is 105 Å². The maximum Gasteiger partial charge on any atom is 0.326 e. The van der Waals surface area contributed by atoms with Gasteiger partial charge in [0.1, 0.15) is 12.6 Å². The van der Waals surface area contributed by atoms with Crippen LogP contribution in [0.15, 0.2) is 0 Å². The van der Waals surface area contributed by atoms with Gasteiger partial charge in [0.25, 0.3) is 6.43 Å². The van der Waals surface area contributed by atoms with Crippen LogP contribution in [0.4, 0.5) is 8.78 Å². The third-order valence-electron chi connectivity index (χ3n) is 2.14. The molecule has 0 fully saturated rings. The van der Waals surface area contributed by atoms with Gasteiger partial charge in [-0.05, 0) is 5.41 Å². The van der Waals surface area contributed by atoms with Gasteiger partial charge in [0.05, 0.1) is 6.61 Å². The summed E-state index contributed by atoms with van der Waals surface area (Å²) in [6.07, 6.45) is -2.72. The molecule has 0 radical (unpaired) electrons. The van der Waals surface area contributed by atoms with Gasteiger partial charge in [-0.2, -0.15) is 0 Å². The van der Waals surface area contributed by atoms with Gasteiger partial charge in [-0.15, -0.1) is 0 Å². The molecule has 5 nitrogen and oxygen atoms in total. The fraction of sp³-hybridized carbons (Fsp3) is 0.818. The van der Waals surface area contributed by atoms with Crippen LogP contribution >= 0.6 is 0 Å². The Morgan fingerprint density at radius 2 is 1.89 bits per heavy atom. The summed E-state index contributed by atoms with van der Waals surface area (Å²) in [6, 6.07) is -1.03. The second-order valence-electron chi connectivity index (χ2n) is 4.92. The van der Waals surface area contributed by atoms with Gasteiger partial charge in [0.2, 0.25) is 5.91 Å². The zero-order valence-electron chi connectivity index (χ0n) is 10.7. The fourth-order valence-corrected chi connectivity index (χ4v) is 1.22. The average Bonchev–Trinajstić information content (AvgIpc) is 2.18. The van der Waals surface area contributed by atoms with E-state index in [4.69, 9.17) is 5.11 Å². The van der Waals surface area contributed by atoms with Crippen LogP contribution in [0.1, 0.15) is 27.2 Å². The number of amides is 1. The third kappa shape index (κ3) is 7.16. The van der Waals surface area contributed by atoms with Crippen molar-refractivity contribution in [1.29, 1.82) is 0 Å². The van der Waals surface area contributed by atoms with Crippen LogP contribution in [0.5, 0.6) is 0 Å². The van der Waals surface area contributed by atoms with Crippen LogP contribution in [0.25, 0.3) is 0 Å². The van der Waals surface area contributed by atoms with Gasteiger partial charge in [-0.1, -0.05) is 20.8 Å². The first kappa shape index (κ1) is 16.8. The lowest BCUT2D eigenvalue weighted by molar-refractivity contribution is -0.145. The molecule has 18 heavy (non-hydrogen) atoms. The van der Waals surface area contributed by atoms with Crippen molar-refractivity contribution in [1.82, 2.24) is 5.32 Å². The Morgan fingerprint density at radius 3 is 2.28 bits per heavy atom. The number of carboxylic acid groups (broad SMARTS) is 1. The minimum atomic E-state index is -2.57. The highest BCUT2D eigenvalue weighted by Gasteiger charge is 2.32. The molecule has 106 valence electrons. The molecule has 0 rings (SSSR count). The highest BCUT2D eigenvalue weighted by Crippen LogP contribution is 2.19. The van der Waals surface area contributed by atoms with E-state index in [0.717, 1.165) is 0 Å².